The normalized spacial score (nSPS) is 19.7. The Labute approximate surface area is 186 Å². The molecule has 174 valence electrons. The van der Waals surface area contributed by atoms with Gasteiger partial charge in [-0.05, 0) is 43.5 Å². The number of ketones is 2. The fourth-order valence-electron chi connectivity index (χ4n) is 4.21. The molecule has 9 nitrogen and oxygen atoms in total. The number of phenolic OH excluding ortho intramolecular Hbond substituents is 2. The highest BCUT2D eigenvalue weighted by atomic mass is 16.3. The van der Waals surface area contributed by atoms with E-state index in [1.54, 1.807) is 12.2 Å². The number of benzene rings is 1. The summed E-state index contributed by atoms with van der Waals surface area (Å²) < 4.78 is 0. The monoisotopic (exact) mass is 445 g/mol. The third kappa shape index (κ3) is 4.95. The lowest BCUT2D eigenvalue weighted by molar-refractivity contribution is 0.0769. The lowest BCUT2D eigenvalue weighted by Crippen LogP contribution is -2.46. The number of hydrogen-bond acceptors (Lipinski definition) is 9. The Kier molecular flexibility index (Phi) is 8.26. The van der Waals surface area contributed by atoms with E-state index in [2.05, 4.69) is 16.0 Å². The Morgan fingerprint density at radius 1 is 0.688 bits per heavy atom. The van der Waals surface area contributed by atoms with Gasteiger partial charge in [-0.1, -0.05) is 0 Å². The highest BCUT2D eigenvalue weighted by Crippen LogP contribution is 2.44. The molecule has 0 aromatic heterocycles. The molecule has 0 heterocycles. The first-order valence-corrected chi connectivity index (χ1v) is 11.0. The van der Waals surface area contributed by atoms with E-state index >= 15 is 0 Å². The van der Waals surface area contributed by atoms with Gasteiger partial charge in [0.25, 0.3) is 0 Å². The van der Waals surface area contributed by atoms with Gasteiger partial charge in [0.1, 0.15) is 11.5 Å². The van der Waals surface area contributed by atoms with Gasteiger partial charge in [-0.15, -0.1) is 0 Å². The van der Waals surface area contributed by atoms with Crippen molar-refractivity contribution in [2.24, 2.45) is 11.8 Å². The van der Waals surface area contributed by atoms with Gasteiger partial charge in [-0.25, -0.2) is 0 Å². The fourth-order valence-corrected chi connectivity index (χ4v) is 4.21. The van der Waals surface area contributed by atoms with Crippen LogP contribution in [-0.4, -0.2) is 71.4 Å². The minimum atomic E-state index is -0.842. The van der Waals surface area contributed by atoms with Crippen LogP contribution in [0.25, 0.3) is 0 Å². The summed E-state index contributed by atoms with van der Waals surface area (Å²) in [5.74, 6) is -3.17. The van der Waals surface area contributed by atoms with Crippen molar-refractivity contribution >= 4 is 11.6 Å². The molecule has 0 bridgehead atoms. The van der Waals surface area contributed by atoms with Crippen molar-refractivity contribution in [2.75, 3.05) is 39.4 Å². The second-order valence-electron chi connectivity index (χ2n) is 7.89. The minimum Gasteiger partial charge on any atom is -0.507 e. The summed E-state index contributed by atoms with van der Waals surface area (Å²) in [6.45, 7) is 2.22. The van der Waals surface area contributed by atoms with Crippen LogP contribution in [0.3, 0.4) is 0 Å². The Balaban J connectivity index is 1.88. The molecule has 0 saturated heterocycles. The first-order valence-electron chi connectivity index (χ1n) is 11.0. The number of unbranched alkanes of at least 4 members (excludes halogenated alkanes) is 2. The number of carbonyl (C=O) groups excluding carboxylic acids is 2. The molecule has 0 fully saturated rings. The average Bonchev–Trinajstić information content (AvgIpc) is 2.78. The summed E-state index contributed by atoms with van der Waals surface area (Å²) >= 11 is 0. The van der Waals surface area contributed by atoms with Crippen molar-refractivity contribution in [3.8, 4) is 11.5 Å². The van der Waals surface area contributed by atoms with E-state index in [1.807, 2.05) is 0 Å². The Morgan fingerprint density at radius 3 is 1.78 bits per heavy atom. The zero-order chi connectivity index (χ0) is 23.1. The number of nitrogens with one attached hydrogen (secondary N) is 3. The predicted octanol–water partition coefficient (Wildman–Crippen LogP) is 0.414. The summed E-state index contributed by atoms with van der Waals surface area (Å²) in [5, 5.41) is 47.9. The summed E-state index contributed by atoms with van der Waals surface area (Å²) in [7, 11) is 0. The maximum Gasteiger partial charge on any atom is 0.177 e. The van der Waals surface area contributed by atoms with Gasteiger partial charge < -0.3 is 36.4 Å². The SMILES string of the molecule is O=C1c2c(O)ccc(O)c2C(=O)C2C(NCCNCCO)=CC=C(NCCCCCO)C12. The second-order valence-corrected chi connectivity index (χ2v) is 7.89. The van der Waals surface area contributed by atoms with E-state index in [0.29, 0.717) is 44.0 Å². The van der Waals surface area contributed by atoms with Gasteiger partial charge in [0.15, 0.2) is 11.6 Å². The summed E-state index contributed by atoms with van der Waals surface area (Å²) in [4.78, 5) is 26.9. The number of rotatable bonds is 12. The Morgan fingerprint density at radius 2 is 1.25 bits per heavy atom. The lowest BCUT2D eigenvalue weighted by atomic mass is 9.68. The van der Waals surface area contributed by atoms with Gasteiger partial charge >= 0.3 is 0 Å². The number of carbonyl (C=O) groups is 2. The van der Waals surface area contributed by atoms with Crippen molar-refractivity contribution in [3.05, 3.63) is 46.8 Å². The zero-order valence-corrected chi connectivity index (χ0v) is 17.9. The van der Waals surface area contributed by atoms with Crippen LogP contribution in [0.1, 0.15) is 40.0 Å². The van der Waals surface area contributed by atoms with E-state index < -0.39 is 23.4 Å². The topological polar surface area (TPSA) is 151 Å². The molecule has 32 heavy (non-hydrogen) atoms. The molecule has 0 spiro atoms. The fraction of sp³-hybridized carbons (Fsp3) is 0.478. The van der Waals surface area contributed by atoms with Crippen molar-refractivity contribution < 1.29 is 30.0 Å². The first kappa shape index (κ1) is 23.8. The number of hydrogen-bond donors (Lipinski definition) is 7. The number of aromatic hydroxyl groups is 2. The maximum absolute atomic E-state index is 13.4. The molecule has 7 N–H and O–H groups in total. The van der Waals surface area contributed by atoms with Crippen LogP contribution in [-0.2, 0) is 0 Å². The molecule has 3 rings (SSSR count). The van der Waals surface area contributed by atoms with Crippen LogP contribution in [0, 0.1) is 11.8 Å². The molecule has 1 aromatic rings. The summed E-state index contributed by atoms with van der Waals surface area (Å²) in [5.41, 5.74) is 0.870. The number of fused-ring (bicyclic) bond motifs is 2. The van der Waals surface area contributed by atoms with E-state index in [1.165, 1.54) is 12.1 Å². The molecule has 1 aromatic carbocycles. The molecule has 2 unspecified atom stereocenters. The van der Waals surface area contributed by atoms with Crippen LogP contribution < -0.4 is 16.0 Å². The molecular formula is C23H31N3O6. The van der Waals surface area contributed by atoms with Crippen LogP contribution in [0.2, 0.25) is 0 Å². The van der Waals surface area contributed by atoms with Crippen LogP contribution in [0.4, 0.5) is 0 Å². The van der Waals surface area contributed by atoms with Gasteiger partial charge in [-0.2, -0.15) is 0 Å². The zero-order valence-electron chi connectivity index (χ0n) is 17.9. The van der Waals surface area contributed by atoms with E-state index in [9.17, 15) is 19.8 Å². The standard InChI is InChI=1S/C23H31N3O6/c27-12-3-1-2-8-25-14-4-5-15(26-10-9-24-11-13-28)19-18(14)22(31)20-16(29)6-7-17(30)21(20)23(19)32/h4-7,18-19,24-30H,1-3,8-13H2. The quantitative estimate of drug-likeness (QED) is 0.179. The molecule has 0 radical (unpaired) electrons. The number of aliphatic hydroxyl groups is 2. The predicted molar refractivity (Wildman–Crippen MR) is 118 cm³/mol. The highest BCUT2D eigenvalue weighted by Gasteiger charge is 2.48. The van der Waals surface area contributed by atoms with Crippen LogP contribution in [0.15, 0.2) is 35.7 Å². The highest BCUT2D eigenvalue weighted by molar-refractivity contribution is 6.20. The summed E-state index contributed by atoms with van der Waals surface area (Å²) in [6.07, 6.45) is 5.86. The first-order chi connectivity index (χ1) is 15.5. The lowest BCUT2D eigenvalue weighted by Gasteiger charge is -2.37. The number of phenols is 2. The largest absolute Gasteiger partial charge is 0.507 e. The smallest absolute Gasteiger partial charge is 0.177 e. The second kappa shape index (κ2) is 11.1. The third-order valence-corrected chi connectivity index (χ3v) is 5.75. The van der Waals surface area contributed by atoms with Gasteiger partial charge in [0, 0.05) is 44.2 Å². The van der Waals surface area contributed by atoms with Crippen molar-refractivity contribution in [1.82, 2.24) is 16.0 Å². The number of aliphatic hydroxyl groups excluding tert-OH is 2. The average molecular weight is 446 g/mol. The van der Waals surface area contributed by atoms with Gasteiger partial charge in [0.2, 0.25) is 0 Å². The molecule has 2 atom stereocenters. The van der Waals surface area contributed by atoms with Crippen molar-refractivity contribution in [2.45, 2.75) is 19.3 Å². The maximum atomic E-state index is 13.4. The van der Waals surface area contributed by atoms with E-state index in [4.69, 9.17) is 10.2 Å². The molecule has 2 aliphatic carbocycles. The van der Waals surface area contributed by atoms with E-state index in [-0.39, 0.29) is 35.8 Å². The molecular weight excluding hydrogens is 414 g/mol. The third-order valence-electron chi connectivity index (χ3n) is 5.75. The van der Waals surface area contributed by atoms with Crippen LogP contribution >= 0.6 is 0 Å². The number of allylic oxidation sites excluding steroid dienone is 4. The number of Topliss-reactive ketones (excluding diaryl/α,β-unsaturated/α-hetero) is 2. The molecule has 9 heteroatoms. The molecule has 0 amide bonds. The van der Waals surface area contributed by atoms with Crippen LogP contribution in [0.5, 0.6) is 11.5 Å². The Hall–Kier alpha value is -2.88. The summed E-state index contributed by atoms with van der Waals surface area (Å²) in [6, 6.07) is 2.43. The van der Waals surface area contributed by atoms with Gasteiger partial charge in [0.05, 0.1) is 29.6 Å². The molecule has 2 aliphatic rings. The molecule has 0 saturated carbocycles. The van der Waals surface area contributed by atoms with Gasteiger partial charge in [-0.3, -0.25) is 9.59 Å². The van der Waals surface area contributed by atoms with Crippen molar-refractivity contribution in [1.29, 1.82) is 0 Å². The minimum absolute atomic E-state index is 0.0238. The van der Waals surface area contributed by atoms with E-state index in [0.717, 1.165) is 12.8 Å². The Bertz CT molecular complexity index is 838. The molecule has 0 aliphatic heterocycles. The van der Waals surface area contributed by atoms with Crippen molar-refractivity contribution in [3.63, 3.8) is 0 Å².